The highest BCUT2D eigenvalue weighted by Gasteiger charge is 2.20. The smallest absolute Gasteiger partial charge is 0.253 e. The molecule has 1 amide bonds. The van der Waals surface area contributed by atoms with E-state index >= 15 is 0 Å². The normalized spacial score (nSPS) is 12.1. The Morgan fingerprint density at radius 1 is 1.33 bits per heavy atom. The zero-order chi connectivity index (χ0) is 17.1. The molecule has 3 heterocycles. The van der Waals surface area contributed by atoms with Crippen LogP contribution in [0.2, 0.25) is 0 Å². The maximum absolute atomic E-state index is 12.5. The lowest BCUT2D eigenvalue weighted by Gasteiger charge is -2.16. The summed E-state index contributed by atoms with van der Waals surface area (Å²) in [5, 5.41) is 8.03. The first-order chi connectivity index (χ1) is 11.5. The molecule has 2 N–H and O–H groups in total. The maximum atomic E-state index is 12.5. The van der Waals surface area contributed by atoms with Gasteiger partial charge in [0.2, 0.25) is 5.56 Å². The molecule has 7 heteroatoms. The summed E-state index contributed by atoms with van der Waals surface area (Å²) in [4.78, 5) is 31.9. The molecular formula is C17H17N3O2S2. The molecule has 0 aliphatic carbocycles. The minimum atomic E-state index is -0.229. The Morgan fingerprint density at radius 2 is 2.17 bits per heavy atom. The number of carbonyl (C=O) groups is 1. The number of nitrogens with one attached hydrogen (secondary N) is 2. The van der Waals surface area contributed by atoms with E-state index in [1.807, 2.05) is 19.2 Å². The van der Waals surface area contributed by atoms with E-state index in [-0.39, 0.29) is 17.5 Å². The molecule has 0 radical (unpaired) electrons. The second-order valence-electron chi connectivity index (χ2n) is 5.50. The fourth-order valence-electron chi connectivity index (χ4n) is 2.28. The minimum Gasteiger partial charge on any atom is -0.342 e. The van der Waals surface area contributed by atoms with Gasteiger partial charge in [-0.05, 0) is 42.3 Å². The molecule has 0 spiro atoms. The van der Waals surface area contributed by atoms with Crippen LogP contribution in [0, 0.1) is 13.8 Å². The first-order valence-corrected chi connectivity index (χ1v) is 9.23. The van der Waals surface area contributed by atoms with Crippen LogP contribution in [0.4, 0.5) is 0 Å². The zero-order valence-corrected chi connectivity index (χ0v) is 15.0. The summed E-state index contributed by atoms with van der Waals surface area (Å²) in [6.07, 6.45) is 2.11. The van der Waals surface area contributed by atoms with E-state index in [0.29, 0.717) is 12.0 Å². The molecule has 124 valence electrons. The van der Waals surface area contributed by atoms with Crippen LogP contribution in [-0.4, -0.2) is 15.9 Å². The van der Waals surface area contributed by atoms with Gasteiger partial charge >= 0.3 is 0 Å². The summed E-state index contributed by atoms with van der Waals surface area (Å²) in [7, 11) is 0. The van der Waals surface area contributed by atoms with Crippen molar-refractivity contribution in [2.45, 2.75) is 26.3 Å². The van der Waals surface area contributed by atoms with Crippen LogP contribution in [-0.2, 0) is 6.42 Å². The number of pyridine rings is 1. The number of H-pyrrole nitrogens is 1. The van der Waals surface area contributed by atoms with Crippen LogP contribution in [0.5, 0.6) is 0 Å². The van der Waals surface area contributed by atoms with E-state index < -0.39 is 0 Å². The minimum absolute atomic E-state index is 0.198. The van der Waals surface area contributed by atoms with Crippen molar-refractivity contribution in [3.05, 3.63) is 72.2 Å². The highest BCUT2D eigenvalue weighted by Crippen LogP contribution is 2.26. The number of nitrogens with zero attached hydrogens (tertiary/aromatic N) is 1. The Balaban J connectivity index is 1.85. The molecule has 0 aromatic carbocycles. The summed E-state index contributed by atoms with van der Waals surface area (Å²) in [5.41, 5.74) is 2.35. The number of aromatic amines is 1. The van der Waals surface area contributed by atoms with E-state index in [4.69, 9.17) is 0 Å². The third-order valence-electron chi connectivity index (χ3n) is 3.71. The molecule has 24 heavy (non-hydrogen) atoms. The lowest BCUT2D eigenvalue weighted by atomic mass is 10.1. The lowest BCUT2D eigenvalue weighted by molar-refractivity contribution is 0.0936. The van der Waals surface area contributed by atoms with Crippen LogP contribution in [0.25, 0.3) is 0 Å². The molecular weight excluding hydrogens is 342 g/mol. The van der Waals surface area contributed by atoms with Crippen molar-refractivity contribution in [1.29, 1.82) is 0 Å². The monoisotopic (exact) mass is 359 g/mol. The number of hydrogen-bond acceptors (Lipinski definition) is 5. The number of hydrogen-bond donors (Lipinski definition) is 2. The van der Waals surface area contributed by atoms with Gasteiger partial charge in [-0.3, -0.25) is 9.59 Å². The number of rotatable bonds is 5. The average Bonchev–Trinajstić information content (AvgIpc) is 3.18. The summed E-state index contributed by atoms with van der Waals surface area (Å²) >= 11 is 3.24. The topological polar surface area (TPSA) is 74.8 Å². The molecule has 0 bridgehead atoms. The molecule has 0 saturated carbocycles. The highest BCUT2D eigenvalue weighted by molar-refractivity contribution is 7.11. The molecule has 3 rings (SSSR count). The van der Waals surface area contributed by atoms with Gasteiger partial charge < -0.3 is 10.3 Å². The fraction of sp³-hybridized carbons (Fsp3) is 0.235. The molecule has 0 saturated heterocycles. The second kappa shape index (κ2) is 7.11. The van der Waals surface area contributed by atoms with E-state index in [9.17, 15) is 9.59 Å². The van der Waals surface area contributed by atoms with Gasteiger partial charge in [-0.25, -0.2) is 4.98 Å². The standard InChI is InChI=1S/C17H17N3O2S2/c1-10-11(2)24-17(19-10)14(7-12-5-6-23-9-12)20-16(22)13-3-4-15(21)18-8-13/h3-6,8-9,14H,7H2,1-2H3,(H,18,21)(H,20,22)/t14-/m1/s1. The summed E-state index contributed by atoms with van der Waals surface area (Å²) < 4.78 is 0. The summed E-state index contributed by atoms with van der Waals surface area (Å²) in [6, 6.07) is 4.72. The Hall–Kier alpha value is -2.25. The first kappa shape index (κ1) is 16.6. The van der Waals surface area contributed by atoms with E-state index in [1.54, 1.807) is 22.7 Å². The van der Waals surface area contributed by atoms with E-state index in [2.05, 4.69) is 26.7 Å². The van der Waals surface area contributed by atoms with Crippen molar-refractivity contribution in [1.82, 2.24) is 15.3 Å². The maximum Gasteiger partial charge on any atom is 0.253 e. The van der Waals surface area contributed by atoms with Crippen LogP contribution < -0.4 is 10.9 Å². The van der Waals surface area contributed by atoms with Crippen LogP contribution in [0.15, 0.2) is 40.0 Å². The Labute approximate surface area is 147 Å². The third kappa shape index (κ3) is 3.80. The SMILES string of the molecule is Cc1nc([C@@H](Cc2ccsc2)NC(=O)c2ccc(=O)[nH]c2)sc1C. The van der Waals surface area contributed by atoms with Gasteiger partial charge in [-0.1, -0.05) is 0 Å². The number of carbonyl (C=O) groups excluding carboxylic acids is 1. The van der Waals surface area contributed by atoms with Gasteiger partial charge in [0.25, 0.3) is 5.91 Å². The lowest BCUT2D eigenvalue weighted by Crippen LogP contribution is -2.30. The van der Waals surface area contributed by atoms with Gasteiger partial charge in [-0.15, -0.1) is 11.3 Å². The Bertz CT molecular complexity index is 857. The Kier molecular flexibility index (Phi) is 4.92. The predicted molar refractivity (Wildman–Crippen MR) is 96.9 cm³/mol. The highest BCUT2D eigenvalue weighted by atomic mass is 32.1. The summed E-state index contributed by atoms with van der Waals surface area (Å²) in [6.45, 7) is 4.00. The van der Waals surface area contributed by atoms with Crippen molar-refractivity contribution in [2.24, 2.45) is 0 Å². The first-order valence-electron chi connectivity index (χ1n) is 7.47. The largest absolute Gasteiger partial charge is 0.342 e. The molecule has 0 aliphatic heterocycles. The quantitative estimate of drug-likeness (QED) is 0.734. The van der Waals surface area contributed by atoms with E-state index in [1.165, 1.54) is 18.3 Å². The molecule has 0 unspecified atom stereocenters. The molecule has 1 atom stereocenters. The predicted octanol–water partition coefficient (Wildman–Crippen LogP) is 3.22. The number of amides is 1. The van der Waals surface area contributed by atoms with Crippen LogP contribution in [0.3, 0.4) is 0 Å². The number of aryl methyl sites for hydroxylation is 2. The van der Waals surface area contributed by atoms with Crippen LogP contribution >= 0.6 is 22.7 Å². The number of thiazole rings is 1. The number of aromatic nitrogens is 2. The van der Waals surface area contributed by atoms with Gasteiger partial charge in [0.1, 0.15) is 5.01 Å². The molecule has 5 nitrogen and oxygen atoms in total. The Morgan fingerprint density at radius 3 is 2.75 bits per heavy atom. The summed E-state index contributed by atoms with van der Waals surface area (Å²) in [5.74, 6) is -0.225. The van der Waals surface area contributed by atoms with Crippen LogP contribution in [0.1, 0.15) is 37.5 Å². The van der Waals surface area contributed by atoms with Gasteiger partial charge in [0.15, 0.2) is 0 Å². The fourth-order valence-corrected chi connectivity index (χ4v) is 3.94. The van der Waals surface area contributed by atoms with Crippen molar-refractivity contribution in [3.63, 3.8) is 0 Å². The van der Waals surface area contributed by atoms with Crippen molar-refractivity contribution < 1.29 is 4.79 Å². The van der Waals surface area contributed by atoms with Gasteiger partial charge in [0, 0.05) is 23.6 Å². The van der Waals surface area contributed by atoms with Crippen molar-refractivity contribution in [2.75, 3.05) is 0 Å². The van der Waals surface area contributed by atoms with Gasteiger partial charge in [0.05, 0.1) is 17.3 Å². The molecule has 3 aromatic rings. The van der Waals surface area contributed by atoms with Crippen molar-refractivity contribution >= 4 is 28.6 Å². The third-order valence-corrected chi connectivity index (χ3v) is 5.63. The molecule has 0 fully saturated rings. The zero-order valence-electron chi connectivity index (χ0n) is 13.3. The molecule has 0 aliphatic rings. The van der Waals surface area contributed by atoms with E-state index in [0.717, 1.165) is 21.1 Å². The second-order valence-corrected chi connectivity index (χ2v) is 7.51. The van der Waals surface area contributed by atoms with Crippen molar-refractivity contribution in [3.8, 4) is 0 Å². The van der Waals surface area contributed by atoms with Gasteiger partial charge in [-0.2, -0.15) is 11.3 Å². The number of thiophene rings is 1. The average molecular weight is 359 g/mol. The molecule has 3 aromatic heterocycles.